The molecule has 0 amide bonds. The molecule has 1 fully saturated rings. The number of nitrogens with two attached hydrogens (primary N) is 1. The molecule has 0 aliphatic carbocycles. The van der Waals surface area contributed by atoms with Crippen molar-refractivity contribution in [2.75, 3.05) is 6.61 Å². The van der Waals surface area contributed by atoms with Gasteiger partial charge in [0, 0.05) is 23.4 Å². The monoisotopic (exact) mass is 211 g/mol. The van der Waals surface area contributed by atoms with Gasteiger partial charge in [-0.25, -0.2) is 0 Å². The predicted octanol–water partition coefficient (Wildman–Crippen LogP) is 2.56. The minimum atomic E-state index is 0.169. The normalized spacial score (nSPS) is 29.3. The lowest BCUT2D eigenvalue weighted by Gasteiger charge is -2.22. The van der Waals surface area contributed by atoms with Crippen molar-refractivity contribution in [1.29, 1.82) is 0 Å². The van der Waals surface area contributed by atoms with E-state index in [1.165, 1.54) is 4.88 Å². The molecule has 1 saturated heterocycles. The fraction of sp³-hybridized carbons (Fsp3) is 0.636. The Labute approximate surface area is 89.1 Å². The molecule has 1 aliphatic rings. The van der Waals surface area contributed by atoms with Crippen LogP contribution in [0.4, 0.5) is 0 Å². The van der Waals surface area contributed by atoms with Crippen LogP contribution in [0, 0.1) is 5.92 Å². The average Bonchev–Trinajstić information content (AvgIpc) is 2.87. The van der Waals surface area contributed by atoms with Gasteiger partial charge in [-0.3, -0.25) is 0 Å². The van der Waals surface area contributed by atoms with E-state index in [1.54, 1.807) is 11.3 Å². The molecule has 2 heterocycles. The zero-order chi connectivity index (χ0) is 9.97. The van der Waals surface area contributed by atoms with Crippen molar-refractivity contribution in [2.45, 2.75) is 31.9 Å². The molecule has 2 rings (SSSR count). The van der Waals surface area contributed by atoms with Gasteiger partial charge < -0.3 is 10.5 Å². The smallest absolute Gasteiger partial charge is 0.0619 e. The van der Waals surface area contributed by atoms with E-state index >= 15 is 0 Å². The van der Waals surface area contributed by atoms with Gasteiger partial charge in [-0.15, -0.1) is 11.3 Å². The SMILES string of the molecule is CCC1OCCC1C(N)c1cccs1. The largest absolute Gasteiger partial charge is 0.378 e. The molecule has 3 atom stereocenters. The molecule has 0 spiro atoms. The van der Waals surface area contributed by atoms with Crippen molar-refractivity contribution in [3.8, 4) is 0 Å². The third-order valence-corrected chi connectivity index (χ3v) is 3.97. The zero-order valence-corrected chi connectivity index (χ0v) is 9.30. The van der Waals surface area contributed by atoms with Crippen molar-refractivity contribution in [3.63, 3.8) is 0 Å². The van der Waals surface area contributed by atoms with Crippen LogP contribution in [-0.2, 0) is 4.74 Å². The molecule has 1 aliphatic heterocycles. The van der Waals surface area contributed by atoms with E-state index in [0.717, 1.165) is 19.4 Å². The highest BCUT2D eigenvalue weighted by Gasteiger charge is 2.32. The second kappa shape index (κ2) is 4.43. The van der Waals surface area contributed by atoms with E-state index in [9.17, 15) is 0 Å². The minimum Gasteiger partial charge on any atom is -0.378 e. The summed E-state index contributed by atoms with van der Waals surface area (Å²) in [6.45, 7) is 3.05. The van der Waals surface area contributed by atoms with E-state index in [1.807, 2.05) is 0 Å². The van der Waals surface area contributed by atoms with Gasteiger partial charge in [0.05, 0.1) is 6.10 Å². The fourth-order valence-electron chi connectivity index (χ4n) is 2.19. The number of hydrogen-bond acceptors (Lipinski definition) is 3. The molecule has 0 aromatic carbocycles. The fourth-order valence-corrected chi connectivity index (χ4v) is 2.99. The highest BCUT2D eigenvalue weighted by atomic mass is 32.1. The summed E-state index contributed by atoms with van der Waals surface area (Å²) in [5, 5.41) is 2.09. The Hall–Kier alpha value is -0.380. The van der Waals surface area contributed by atoms with E-state index in [0.29, 0.717) is 12.0 Å². The number of thiophene rings is 1. The van der Waals surface area contributed by atoms with Crippen LogP contribution in [0.2, 0.25) is 0 Å². The molecule has 1 aromatic heterocycles. The Morgan fingerprint density at radius 1 is 1.71 bits per heavy atom. The molecule has 0 radical (unpaired) electrons. The molecule has 14 heavy (non-hydrogen) atoms. The summed E-state index contributed by atoms with van der Waals surface area (Å²) in [7, 11) is 0. The first kappa shape index (κ1) is 10.1. The van der Waals surface area contributed by atoms with E-state index in [4.69, 9.17) is 10.5 Å². The Morgan fingerprint density at radius 2 is 2.57 bits per heavy atom. The maximum atomic E-state index is 6.24. The van der Waals surface area contributed by atoms with E-state index in [2.05, 4.69) is 24.4 Å². The summed E-state index contributed by atoms with van der Waals surface area (Å²) in [6, 6.07) is 4.36. The van der Waals surface area contributed by atoms with E-state index in [-0.39, 0.29) is 6.04 Å². The first-order chi connectivity index (χ1) is 6.83. The van der Waals surface area contributed by atoms with Gasteiger partial charge in [-0.05, 0) is 24.3 Å². The van der Waals surface area contributed by atoms with Gasteiger partial charge in [0.25, 0.3) is 0 Å². The van der Waals surface area contributed by atoms with Crippen LogP contribution in [0.5, 0.6) is 0 Å². The van der Waals surface area contributed by atoms with Crippen LogP contribution in [0.15, 0.2) is 17.5 Å². The molecule has 78 valence electrons. The quantitative estimate of drug-likeness (QED) is 0.834. The van der Waals surface area contributed by atoms with Gasteiger partial charge in [0.2, 0.25) is 0 Å². The Kier molecular flexibility index (Phi) is 3.21. The molecule has 0 saturated carbocycles. The minimum absolute atomic E-state index is 0.169. The van der Waals surface area contributed by atoms with Crippen LogP contribution in [0.1, 0.15) is 30.7 Å². The van der Waals surface area contributed by atoms with E-state index < -0.39 is 0 Å². The maximum Gasteiger partial charge on any atom is 0.0619 e. The van der Waals surface area contributed by atoms with Crippen molar-refractivity contribution >= 4 is 11.3 Å². The highest BCUT2D eigenvalue weighted by molar-refractivity contribution is 7.10. The van der Waals surface area contributed by atoms with Gasteiger partial charge in [-0.2, -0.15) is 0 Å². The number of ether oxygens (including phenoxy) is 1. The molecule has 2 N–H and O–H groups in total. The van der Waals surface area contributed by atoms with Gasteiger partial charge in [0.15, 0.2) is 0 Å². The van der Waals surface area contributed by atoms with Crippen molar-refractivity contribution in [1.82, 2.24) is 0 Å². The third-order valence-electron chi connectivity index (χ3n) is 3.00. The molecule has 1 aromatic rings. The van der Waals surface area contributed by atoms with Crippen molar-refractivity contribution in [2.24, 2.45) is 11.7 Å². The van der Waals surface area contributed by atoms with Gasteiger partial charge >= 0.3 is 0 Å². The molecule has 2 nitrogen and oxygen atoms in total. The second-order valence-electron chi connectivity index (χ2n) is 3.81. The van der Waals surface area contributed by atoms with Gasteiger partial charge in [-0.1, -0.05) is 13.0 Å². The Morgan fingerprint density at radius 3 is 3.21 bits per heavy atom. The standard InChI is InChI=1S/C11H17NOS/c1-2-9-8(5-6-13-9)11(12)10-4-3-7-14-10/h3-4,7-9,11H,2,5-6,12H2,1H3. The maximum absolute atomic E-state index is 6.24. The van der Waals surface area contributed by atoms with Crippen molar-refractivity contribution in [3.05, 3.63) is 22.4 Å². The highest BCUT2D eigenvalue weighted by Crippen LogP contribution is 2.34. The molecule has 0 bridgehead atoms. The molecular weight excluding hydrogens is 194 g/mol. The van der Waals surface area contributed by atoms with Crippen LogP contribution in [-0.4, -0.2) is 12.7 Å². The zero-order valence-electron chi connectivity index (χ0n) is 8.48. The van der Waals surface area contributed by atoms with Crippen molar-refractivity contribution < 1.29 is 4.74 Å². The van der Waals surface area contributed by atoms with Crippen LogP contribution < -0.4 is 5.73 Å². The summed E-state index contributed by atoms with van der Waals surface area (Å²) in [6.07, 6.45) is 2.55. The molecule has 3 heteroatoms. The van der Waals surface area contributed by atoms with Crippen LogP contribution in [0.3, 0.4) is 0 Å². The number of rotatable bonds is 3. The van der Waals surface area contributed by atoms with Crippen LogP contribution >= 0.6 is 11.3 Å². The summed E-state index contributed by atoms with van der Waals surface area (Å²) >= 11 is 1.75. The average molecular weight is 211 g/mol. The first-order valence-electron chi connectivity index (χ1n) is 5.23. The topological polar surface area (TPSA) is 35.2 Å². The summed E-state index contributed by atoms with van der Waals surface area (Å²) in [4.78, 5) is 1.29. The Balaban J connectivity index is 2.07. The number of hydrogen-bond donors (Lipinski definition) is 1. The summed E-state index contributed by atoms with van der Waals surface area (Å²) < 4.78 is 5.66. The second-order valence-corrected chi connectivity index (χ2v) is 4.79. The van der Waals surface area contributed by atoms with Crippen LogP contribution in [0.25, 0.3) is 0 Å². The predicted molar refractivity (Wildman–Crippen MR) is 59.4 cm³/mol. The lowest BCUT2D eigenvalue weighted by atomic mass is 9.91. The summed E-state index contributed by atoms with van der Waals surface area (Å²) in [5.41, 5.74) is 6.24. The lowest BCUT2D eigenvalue weighted by Crippen LogP contribution is -2.27. The first-order valence-corrected chi connectivity index (χ1v) is 6.11. The molecule has 3 unspecified atom stereocenters. The van der Waals surface area contributed by atoms with Gasteiger partial charge in [0.1, 0.15) is 0 Å². The third kappa shape index (κ3) is 1.85. The Bertz CT molecular complexity index is 273. The summed E-state index contributed by atoms with van der Waals surface area (Å²) in [5.74, 6) is 0.513. The lowest BCUT2D eigenvalue weighted by molar-refractivity contribution is 0.0816. The molecular formula is C11H17NOS.